The number of halogens is 2. The molecule has 1 N–H and O–H groups in total. The Hall–Kier alpha value is -0.0900. The molecule has 2 nitrogen and oxygen atoms in total. The van der Waals surface area contributed by atoms with Crippen LogP contribution < -0.4 is 5.32 Å². The summed E-state index contributed by atoms with van der Waals surface area (Å²) in [6, 6.07) is 9.85. The Kier molecular flexibility index (Phi) is 5.93. The molecule has 2 rings (SSSR count). The minimum atomic E-state index is 0. The van der Waals surface area contributed by atoms with E-state index in [1.165, 1.54) is 18.5 Å². The lowest BCUT2D eigenvalue weighted by molar-refractivity contribution is 0.257. The highest BCUT2D eigenvalue weighted by atomic mass is 79.9. The van der Waals surface area contributed by atoms with Crippen LogP contribution >= 0.6 is 28.3 Å². The second-order valence-corrected chi connectivity index (χ2v) is 5.41. The molecule has 1 aliphatic heterocycles. The zero-order valence-corrected chi connectivity index (χ0v) is 12.7. The first-order valence-corrected chi connectivity index (χ1v) is 6.67. The van der Waals surface area contributed by atoms with Crippen molar-refractivity contribution in [3.63, 3.8) is 0 Å². The Bertz CT molecular complexity index is 342. The lowest BCUT2D eigenvalue weighted by Crippen LogP contribution is -2.31. The Balaban J connectivity index is 0.00000144. The van der Waals surface area contributed by atoms with Gasteiger partial charge in [-0.2, -0.15) is 0 Å². The van der Waals surface area contributed by atoms with Crippen LogP contribution in [0.25, 0.3) is 0 Å². The molecule has 0 aromatic heterocycles. The lowest BCUT2D eigenvalue weighted by Gasteiger charge is -2.24. The monoisotopic (exact) mass is 318 g/mol. The second kappa shape index (κ2) is 6.74. The number of likely N-dealkylation sites (tertiary alicyclic amines) is 1. The van der Waals surface area contributed by atoms with Gasteiger partial charge in [0.25, 0.3) is 0 Å². The van der Waals surface area contributed by atoms with Gasteiger partial charge in [-0.3, -0.25) is 4.90 Å². The molecule has 17 heavy (non-hydrogen) atoms. The van der Waals surface area contributed by atoms with Crippen LogP contribution in [0, 0.1) is 0 Å². The summed E-state index contributed by atoms with van der Waals surface area (Å²) in [7, 11) is 2.05. The molecule has 1 heterocycles. The molecule has 0 saturated carbocycles. The SMILES string of the molecule is CNC1CCN(C(C)c2ccc(Br)cc2)C1.Cl. The van der Waals surface area contributed by atoms with E-state index in [1.807, 2.05) is 0 Å². The Morgan fingerprint density at radius 1 is 1.35 bits per heavy atom. The molecule has 0 aliphatic carbocycles. The first-order chi connectivity index (χ1) is 7.70. The third-order valence-corrected chi connectivity index (χ3v) is 4.06. The predicted molar refractivity (Wildman–Crippen MR) is 78.8 cm³/mol. The van der Waals surface area contributed by atoms with Crippen molar-refractivity contribution in [1.82, 2.24) is 10.2 Å². The maximum atomic E-state index is 3.48. The van der Waals surface area contributed by atoms with Crippen LogP contribution in [0.3, 0.4) is 0 Å². The van der Waals surface area contributed by atoms with E-state index in [9.17, 15) is 0 Å². The predicted octanol–water partition coefficient (Wildman–Crippen LogP) is 3.23. The highest BCUT2D eigenvalue weighted by molar-refractivity contribution is 9.10. The molecule has 1 aliphatic rings. The van der Waals surface area contributed by atoms with Gasteiger partial charge < -0.3 is 5.32 Å². The van der Waals surface area contributed by atoms with Gasteiger partial charge in [0, 0.05) is 29.6 Å². The number of likely N-dealkylation sites (N-methyl/N-ethyl adjacent to an activating group) is 1. The molecule has 1 aromatic carbocycles. The highest BCUT2D eigenvalue weighted by Gasteiger charge is 2.25. The summed E-state index contributed by atoms with van der Waals surface area (Å²) in [4.78, 5) is 2.55. The van der Waals surface area contributed by atoms with Gasteiger partial charge in [-0.05, 0) is 38.1 Å². The number of hydrogen-bond donors (Lipinski definition) is 1. The number of nitrogens with one attached hydrogen (secondary N) is 1. The summed E-state index contributed by atoms with van der Waals surface area (Å²) in [5.41, 5.74) is 1.40. The van der Waals surface area contributed by atoms with Crippen molar-refractivity contribution in [3.05, 3.63) is 34.3 Å². The molecule has 4 heteroatoms. The number of nitrogens with zero attached hydrogens (tertiary/aromatic N) is 1. The van der Waals surface area contributed by atoms with Crippen molar-refractivity contribution in [2.45, 2.75) is 25.4 Å². The molecule has 0 bridgehead atoms. The fraction of sp³-hybridized carbons (Fsp3) is 0.538. The fourth-order valence-electron chi connectivity index (χ4n) is 2.33. The van der Waals surface area contributed by atoms with E-state index in [-0.39, 0.29) is 12.4 Å². The molecule has 1 fully saturated rings. The first-order valence-electron chi connectivity index (χ1n) is 5.87. The van der Waals surface area contributed by atoms with E-state index < -0.39 is 0 Å². The quantitative estimate of drug-likeness (QED) is 0.920. The average Bonchev–Trinajstić information content (AvgIpc) is 2.77. The van der Waals surface area contributed by atoms with E-state index in [0.717, 1.165) is 11.0 Å². The van der Waals surface area contributed by atoms with E-state index in [1.54, 1.807) is 0 Å². The van der Waals surface area contributed by atoms with E-state index in [4.69, 9.17) is 0 Å². The molecule has 2 unspecified atom stereocenters. The van der Waals surface area contributed by atoms with Crippen LogP contribution in [-0.2, 0) is 0 Å². The van der Waals surface area contributed by atoms with Gasteiger partial charge in [0.05, 0.1) is 0 Å². The molecule has 0 spiro atoms. The zero-order chi connectivity index (χ0) is 11.5. The van der Waals surface area contributed by atoms with Gasteiger partial charge in [0.1, 0.15) is 0 Å². The van der Waals surface area contributed by atoms with Crippen molar-refractivity contribution in [1.29, 1.82) is 0 Å². The largest absolute Gasteiger partial charge is 0.316 e. The van der Waals surface area contributed by atoms with Crippen LogP contribution in [0.2, 0.25) is 0 Å². The Morgan fingerprint density at radius 3 is 2.53 bits per heavy atom. The fourth-order valence-corrected chi connectivity index (χ4v) is 2.59. The van der Waals surface area contributed by atoms with Crippen LogP contribution in [0.15, 0.2) is 28.7 Å². The third kappa shape index (κ3) is 3.68. The topological polar surface area (TPSA) is 15.3 Å². The first kappa shape index (κ1) is 15.0. The van der Waals surface area contributed by atoms with Gasteiger partial charge in [0.2, 0.25) is 0 Å². The highest BCUT2D eigenvalue weighted by Crippen LogP contribution is 2.25. The Morgan fingerprint density at radius 2 is 2.00 bits per heavy atom. The molecule has 96 valence electrons. The summed E-state index contributed by atoms with van der Waals surface area (Å²) in [6.07, 6.45) is 1.26. The summed E-state index contributed by atoms with van der Waals surface area (Å²) in [6.45, 7) is 4.65. The molecular formula is C13H20BrClN2. The normalized spacial score (nSPS) is 22.2. The van der Waals surface area contributed by atoms with Crippen LogP contribution in [0.1, 0.15) is 24.9 Å². The molecule has 0 amide bonds. The minimum absolute atomic E-state index is 0. The standard InChI is InChI=1S/C13H19BrN2.ClH/c1-10(11-3-5-12(14)6-4-11)16-8-7-13(9-16)15-2;/h3-6,10,13,15H,7-9H2,1-2H3;1H. The lowest BCUT2D eigenvalue weighted by atomic mass is 10.1. The van der Waals surface area contributed by atoms with Gasteiger partial charge in [-0.25, -0.2) is 0 Å². The zero-order valence-electron chi connectivity index (χ0n) is 10.3. The molecule has 0 radical (unpaired) electrons. The van der Waals surface area contributed by atoms with E-state index >= 15 is 0 Å². The van der Waals surface area contributed by atoms with Gasteiger partial charge in [0.15, 0.2) is 0 Å². The summed E-state index contributed by atoms with van der Waals surface area (Å²) in [5, 5.41) is 3.36. The van der Waals surface area contributed by atoms with Gasteiger partial charge >= 0.3 is 0 Å². The van der Waals surface area contributed by atoms with Crippen molar-refractivity contribution < 1.29 is 0 Å². The number of benzene rings is 1. The third-order valence-electron chi connectivity index (χ3n) is 3.53. The van der Waals surface area contributed by atoms with Crippen molar-refractivity contribution in [3.8, 4) is 0 Å². The van der Waals surface area contributed by atoms with E-state index in [2.05, 4.69) is 64.4 Å². The smallest absolute Gasteiger partial charge is 0.0320 e. The van der Waals surface area contributed by atoms with Crippen molar-refractivity contribution >= 4 is 28.3 Å². The molecular weight excluding hydrogens is 300 g/mol. The van der Waals surface area contributed by atoms with Crippen LogP contribution in [-0.4, -0.2) is 31.1 Å². The maximum absolute atomic E-state index is 3.48. The number of rotatable bonds is 3. The van der Waals surface area contributed by atoms with E-state index in [0.29, 0.717) is 12.1 Å². The average molecular weight is 320 g/mol. The van der Waals surface area contributed by atoms with Crippen LogP contribution in [0.4, 0.5) is 0 Å². The van der Waals surface area contributed by atoms with Crippen LogP contribution in [0.5, 0.6) is 0 Å². The van der Waals surface area contributed by atoms with Gasteiger partial charge in [-0.15, -0.1) is 12.4 Å². The molecule has 1 saturated heterocycles. The maximum Gasteiger partial charge on any atom is 0.0320 e. The molecule has 1 aromatic rings. The van der Waals surface area contributed by atoms with Crippen molar-refractivity contribution in [2.75, 3.05) is 20.1 Å². The minimum Gasteiger partial charge on any atom is -0.316 e. The second-order valence-electron chi connectivity index (χ2n) is 4.50. The summed E-state index contributed by atoms with van der Waals surface area (Å²) < 4.78 is 1.15. The summed E-state index contributed by atoms with van der Waals surface area (Å²) >= 11 is 3.48. The number of hydrogen-bond acceptors (Lipinski definition) is 2. The van der Waals surface area contributed by atoms with Gasteiger partial charge in [-0.1, -0.05) is 28.1 Å². The molecule has 2 atom stereocenters. The van der Waals surface area contributed by atoms with Crippen molar-refractivity contribution in [2.24, 2.45) is 0 Å². The summed E-state index contributed by atoms with van der Waals surface area (Å²) in [5.74, 6) is 0. The Labute approximate surface area is 118 Å².